The SMILES string of the molecule is O=C(OCCCn1nnc(-c2ccccc2)n1)C1CC2CCC1C2. The second-order valence-corrected chi connectivity index (χ2v) is 6.88. The Morgan fingerprint density at radius 3 is 2.83 bits per heavy atom. The summed E-state index contributed by atoms with van der Waals surface area (Å²) in [5.41, 5.74) is 0.950. The Balaban J connectivity index is 1.22. The minimum atomic E-state index is -0.00118. The van der Waals surface area contributed by atoms with Gasteiger partial charge in [0.15, 0.2) is 0 Å². The Hall–Kier alpha value is -2.24. The van der Waals surface area contributed by atoms with E-state index in [1.165, 1.54) is 19.3 Å². The third-order valence-corrected chi connectivity index (χ3v) is 5.27. The fraction of sp³-hybridized carbons (Fsp3) is 0.556. The third kappa shape index (κ3) is 3.18. The van der Waals surface area contributed by atoms with Crippen LogP contribution in [0.15, 0.2) is 30.3 Å². The van der Waals surface area contributed by atoms with Crippen LogP contribution in [0, 0.1) is 17.8 Å². The summed E-state index contributed by atoms with van der Waals surface area (Å²) >= 11 is 0. The highest BCUT2D eigenvalue weighted by Gasteiger charge is 2.43. The summed E-state index contributed by atoms with van der Waals surface area (Å²) in [6, 6.07) is 9.77. The van der Waals surface area contributed by atoms with Gasteiger partial charge in [-0.15, -0.1) is 10.2 Å². The Morgan fingerprint density at radius 2 is 2.08 bits per heavy atom. The van der Waals surface area contributed by atoms with Gasteiger partial charge < -0.3 is 4.74 Å². The van der Waals surface area contributed by atoms with E-state index in [2.05, 4.69) is 15.4 Å². The van der Waals surface area contributed by atoms with Gasteiger partial charge in [0.2, 0.25) is 5.82 Å². The van der Waals surface area contributed by atoms with E-state index in [0.717, 1.165) is 17.9 Å². The quantitative estimate of drug-likeness (QED) is 0.603. The van der Waals surface area contributed by atoms with Crippen LogP contribution in [0.2, 0.25) is 0 Å². The molecule has 0 radical (unpaired) electrons. The van der Waals surface area contributed by atoms with Crippen molar-refractivity contribution in [3.8, 4) is 11.4 Å². The Bertz CT molecular complexity index is 700. The first-order valence-electron chi connectivity index (χ1n) is 8.79. The van der Waals surface area contributed by atoms with E-state index >= 15 is 0 Å². The summed E-state index contributed by atoms with van der Waals surface area (Å²) in [5.74, 6) is 2.11. The number of hydrogen-bond acceptors (Lipinski definition) is 5. The number of carbonyl (C=O) groups excluding carboxylic acids is 1. The molecule has 1 aromatic heterocycles. The largest absolute Gasteiger partial charge is 0.465 e. The van der Waals surface area contributed by atoms with E-state index in [1.807, 2.05) is 30.3 Å². The fourth-order valence-electron chi connectivity index (χ4n) is 4.06. The Labute approximate surface area is 141 Å². The molecule has 2 aliphatic carbocycles. The van der Waals surface area contributed by atoms with Gasteiger partial charge in [0.05, 0.1) is 19.1 Å². The van der Waals surface area contributed by atoms with Crippen molar-refractivity contribution < 1.29 is 9.53 Å². The number of rotatable bonds is 6. The minimum Gasteiger partial charge on any atom is -0.465 e. The van der Waals surface area contributed by atoms with Crippen LogP contribution in [0.25, 0.3) is 11.4 Å². The summed E-state index contributed by atoms with van der Waals surface area (Å²) in [7, 11) is 0. The number of benzene rings is 1. The average Bonchev–Trinajstić information content (AvgIpc) is 3.35. The smallest absolute Gasteiger partial charge is 0.309 e. The molecule has 3 unspecified atom stereocenters. The molecule has 6 nitrogen and oxygen atoms in total. The van der Waals surface area contributed by atoms with Gasteiger partial charge in [-0.1, -0.05) is 36.8 Å². The molecule has 6 heteroatoms. The lowest BCUT2D eigenvalue weighted by atomic mass is 9.89. The molecule has 126 valence electrons. The van der Waals surface area contributed by atoms with Crippen LogP contribution >= 0.6 is 0 Å². The van der Waals surface area contributed by atoms with Crippen molar-refractivity contribution >= 4 is 5.97 Å². The normalized spacial score (nSPS) is 25.1. The number of tetrazole rings is 1. The van der Waals surface area contributed by atoms with E-state index in [9.17, 15) is 4.79 Å². The summed E-state index contributed by atoms with van der Waals surface area (Å²) in [5, 5.41) is 12.5. The maximum atomic E-state index is 12.2. The van der Waals surface area contributed by atoms with Crippen molar-refractivity contribution in [2.24, 2.45) is 17.8 Å². The zero-order valence-electron chi connectivity index (χ0n) is 13.7. The number of esters is 1. The molecule has 1 aromatic carbocycles. The second kappa shape index (κ2) is 6.71. The van der Waals surface area contributed by atoms with Crippen LogP contribution in [0.5, 0.6) is 0 Å². The van der Waals surface area contributed by atoms with Gasteiger partial charge in [0.25, 0.3) is 0 Å². The molecule has 2 aliphatic rings. The molecule has 4 rings (SSSR count). The summed E-state index contributed by atoms with van der Waals surface area (Å²) < 4.78 is 5.46. The second-order valence-electron chi connectivity index (χ2n) is 6.88. The molecule has 3 atom stereocenters. The molecule has 0 spiro atoms. The molecule has 0 N–H and O–H groups in total. The van der Waals surface area contributed by atoms with Crippen molar-refractivity contribution in [3.05, 3.63) is 30.3 Å². The lowest BCUT2D eigenvalue weighted by Crippen LogP contribution is -2.23. The summed E-state index contributed by atoms with van der Waals surface area (Å²) in [6.45, 7) is 1.03. The Morgan fingerprint density at radius 1 is 1.21 bits per heavy atom. The monoisotopic (exact) mass is 326 g/mol. The van der Waals surface area contributed by atoms with Gasteiger partial charge in [0.1, 0.15) is 0 Å². The number of carbonyl (C=O) groups is 1. The van der Waals surface area contributed by atoms with Crippen LogP contribution in [-0.2, 0) is 16.1 Å². The molecular weight excluding hydrogens is 304 g/mol. The van der Waals surface area contributed by atoms with Crippen molar-refractivity contribution in [2.45, 2.75) is 38.6 Å². The van der Waals surface area contributed by atoms with Crippen LogP contribution in [0.3, 0.4) is 0 Å². The van der Waals surface area contributed by atoms with E-state index < -0.39 is 0 Å². The molecular formula is C18H22N4O2. The number of ether oxygens (including phenoxy) is 1. The van der Waals surface area contributed by atoms with Gasteiger partial charge in [-0.2, -0.15) is 4.80 Å². The van der Waals surface area contributed by atoms with Crippen LogP contribution < -0.4 is 0 Å². The zero-order valence-corrected chi connectivity index (χ0v) is 13.7. The first kappa shape index (κ1) is 15.3. The summed E-state index contributed by atoms with van der Waals surface area (Å²) in [4.78, 5) is 13.7. The maximum absolute atomic E-state index is 12.2. The van der Waals surface area contributed by atoms with Gasteiger partial charge in [-0.05, 0) is 36.3 Å². The van der Waals surface area contributed by atoms with Gasteiger partial charge >= 0.3 is 5.97 Å². The predicted molar refractivity (Wildman–Crippen MR) is 87.8 cm³/mol. The molecule has 2 aromatic rings. The van der Waals surface area contributed by atoms with Crippen molar-refractivity contribution in [1.82, 2.24) is 20.2 Å². The number of nitrogens with zero attached hydrogens (tertiary/aromatic N) is 4. The number of hydrogen-bond donors (Lipinski definition) is 0. The highest BCUT2D eigenvalue weighted by atomic mass is 16.5. The molecule has 2 bridgehead atoms. The first-order chi connectivity index (χ1) is 11.8. The topological polar surface area (TPSA) is 69.9 Å². The fourth-order valence-corrected chi connectivity index (χ4v) is 4.06. The standard InChI is InChI=1S/C18H22N4O2/c23-18(16-12-13-7-8-15(16)11-13)24-10-4-9-22-20-17(19-21-22)14-5-2-1-3-6-14/h1-3,5-6,13,15-16H,4,7-12H2. The zero-order chi connectivity index (χ0) is 16.4. The van der Waals surface area contributed by atoms with Crippen LogP contribution in [0.4, 0.5) is 0 Å². The number of fused-ring (bicyclic) bond motifs is 2. The first-order valence-corrected chi connectivity index (χ1v) is 8.79. The molecule has 2 fully saturated rings. The number of aryl methyl sites for hydroxylation is 1. The summed E-state index contributed by atoms with van der Waals surface area (Å²) in [6.07, 6.45) is 5.47. The highest BCUT2D eigenvalue weighted by Crippen LogP contribution is 2.48. The van der Waals surface area contributed by atoms with E-state index in [0.29, 0.717) is 31.3 Å². The number of aromatic nitrogens is 4. The van der Waals surface area contributed by atoms with Crippen molar-refractivity contribution in [2.75, 3.05) is 6.61 Å². The van der Waals surface area contributed by atoms with Gasteiger partial charge in [-0.3, -0.25) is 4.79 Å². The minimum absolute atomic E-state index is 0.00118. The molecule has 0 amide bonds. The highest BCUT2D eigenvalue weighted by molar-refractivity contribution is 5.73. The van der Waals surface area contributed by atoms with Gasteiger partial charge in [-0.25, -0.2) is 0 Å². The van der Waals surface area contributed by atoms with Gasteiger partial charge in [0, 0.05) is 12.0 Å². The molecule has 0 aliphatic heterocycles. The van der Waals surface area contributed by atoms with Crippen LogP contribution in [0.1, 0.15) is 32.1 Å². The lowest BCUT2D eigenvalue weighted by molar-refractivity contribution is -0.150. The van der Waals surface area contributed by atoms with Crippen molar-refractivity contribution in [3.63, 3.8) is 0 Å². The van der Waals surface area contributed by atoms with Crippen molar-refractivity contribution in [1.29, 1.82) is 0 Å². The predicted octanol–water partition coefficient (Wildman–Crippen LogP) is 2.71. The maximum Gasteiger partial charge on any atom is 0.309 e. The van der Waals surface area contributed by atoms with E-state index in [4.69, 9.17) is 4.74 Å². The molecule has 1 heterocycles. The third-order valence-electron chi connectivity index (χ3n) is 5.27. The Kier molecular flexibility index (Phi) is 4.28. The van der Waals surface area contributed by atoms with E-state index in [1.54, 1.807) is 4.80 Å². The van der Waals surface area contributed by atoms with Crippen LogP contribution in [-0.4, -0.2) is 32.8 Å². The lowest BCUT2D eigenvalue weighted by Gasteiger charge is -2.19. The molecule has 24 heavy (non-hydrogen) atoms. The molecule has 2 saturated carbocycles. The average molecular weight is 326 g/mol. The van der Waals surface area contributed by atoms with E-state index in [-0.39, 0.29) is 11.9 Å². The molecule has 0 saturated heterocycles.